The minimum atomic E-state index is -4.85. The van der Waals surface area contributed by atoms with E-state index in [2.05, 4.69) is 20.4 Å². The van der Waals surface area contributed by atoms with Crippen LogP contribution in [0.25, 0.3) is 10.2 Å². The molecular formula is C17H16F6N4O3S. The van der Waals surface area contributed by atoms with Crippen LogP contribution < -0.4 is 15.4 Å². The van der Waals surface area contributed by atoms with Gasteiger partial charge in [-0.3, -0.25) is 14.9 Å². The Balaban J connectivity index is 1.53. The fraction of sp³-hybridized carbons (Fsp3) is 0.471. The lowest BCUT2D eigenvalue weighted by Crippen LogP contribution is -2.49. The maximum atomic E-state index is 12.9. The van der Waals surface area contributed by atoms with Crippen LogP contribution in [0.15, 0.2) is 18.2 Å². The summed E-state index contributed by atoms with van der Waals surface area (Å²) in [6, 6.07) is 3.48. The standard InChI is InChI=1S/C17H16F6N4O3S/c1-27(13(29)7-24-15(4-5-15)16(18,19)20)8-12(28)26-14-25-10-3-2-9(6-11(10)31-14)30-17(21,22)23/h2-3,6,24H,4-5,7-8H2,1H3,(H,25,26,28). The van der Waals surface area contributed by atoms with Crippen molar-refractivity contribution in [3.8, 4) is 5.75 Å². The smallest absolute Gasteiger partial charge is 0.406 e. The highest BCUT2D eigenvalue weighted by molar-refractivity contribution is 7.22. The Labute approximate surface area is 175 Å². The highest BCUT2D eigenvalue weighted by Gasteiger charge is 2.63. The summed E-state index contributed by atoms with van der Waals surface area (Å²) in [5, 5.41) is 4.69. The number of halogens is 6. The maximum absolute atomic E-state index is 12.9. The number of carbonyl (C=O) groups is 2. The van der Waals surface area contributed by atoms with Gasteiger partial charge in [0.15, 0.2) is 5.13 Å². The Hall–Kier alpha value is -2.61. The van der Waals surface area contributed by atoms with Gasteiger partial charge >= 0.3 is 12.5 Å². The second-order valence-corrected chi connectivity index (χ2v) is 7.96. The van der Waals surface area contributed by atoms with Crippen molar-refractivity contribution in [2.45, 2.75) is 30.9 Å². The number of benzene rings is 1. The molecule has 0 atom stereocenters. The van der Waals surface area contributed by atoms with E-state index in [0.29, 0.717) is 10.2 Å². The van der Waals surface area contributed by atoms with Crippen molar-refractivity contribution in [2.75, 3.05) is 25.5 Å². The van der Waals surface area contributed by atoms with Gasteiger partial charge < -0.3 is 15.0 Å². The third-order valence-electron chi connectivity index (χ3n) is 4.52. The van der Waals surface area contributed by atoms with E-state index in [1.165, 1.54) is 13.1 Å². The number of rotatable bonds is 7. The van der Waals surface area contributed by atoms with E-state index in [1.807, 2.05) is 0 Å². The molecule has 2 aromatic rings. The summed E-state index contributed by atoms with van der Waals surface area (Å²) in [5.74, 6) is -1.81. The van der Waals surface area contributed by atoms with Crippen LogP contribution in [0.3, 0.4) is 0 Å². The quantitative estimate of drug-likeness (QED) is 0.607. The molecule has 1 aliphatic rings. The Morgan fingerprint density at radius 3 is 2.48 bits per heavy atom. The molecule has 2 amide bonds. The van der Waals surface area contributed by atoms with Gasteiger partial charge in [0.25, 0.3) is 0 Å². The van der Waals surface area contributed by atoms with Gasteiger partial charge in [-0.1, -0.05) is 11.3 Å². The molecule has 0 aliphatic heterocycles. The second kappa shape index (κ2) is 8.15. The highest BCUT2D eigenvalue weighted by Crippen LogP contribution is 2.48. The van der Waals surface area contributed by atoms with Gasteiger partial charge in [0, 0.05) is 13.1 Å². The zero-order valence-electron chi connectivity index (χ0n) is 15.9. The van der Waals surface area contributed by atoms with Crippen molar-refractivity contribution in [1.82, 2.24) is 15.2 Å². The second-order valence-electron chi connectivity index (χ2n) is 6.93. The number of nitrogens with one attached hydrogen (secondary N) is 2. The fourth-order valence-corrected chi connectivity index (χ4v) is 3.59. The van der Waals surface area contributed by atoms with Crippen molar-refractivity contribution < 1.29 is 40.7 Å². The molecular weight excluding hydrogens is 454 g/mol. The lowest BCUT2D eigenvalue weighted by Gasteiger charge is -2.22. The molecule has 1 saturated carbocycles. The normalized spacial score (nSPS) is 15.6. The van der Waals surface area contributed by atoms with Crippen LogP contribution in [0.1, 0.15) is 12.8 Å². The molecule has 0 spiro atoms. The first-order chi connectivity index (χ1) is 14.3. The molecule has 1 aliphatic carbocycles. The summed E-state index contributed by atoms with van der Waals surface area (Å²) in [4.78, 5) is 29.2. The van der Waals surface area contributed by atoms with Crippen molar-refractivity contribution >= 4 is 38.5 Å². The van der Waals surface area contributed by atoms with Crippen LogP contribution in [0.4, 0.5) is 31.5 Å². The van der Waals surface area contributed by atoms with Gasteiger partial charge in [0.2, 0.25) is 11.8 Å². The zero-order chi connectivity index (χ0) is 23.0. The molecule has 0 unspecified atom stereocenters. The average Bonchev–Trinajstić information content (AvgIpc) is 3.32. The third-order valence-corrected chi connectivity index (χ3v) is 5.45. The zero-order valence-corrected chi connectivity index (χ0v) is 16.7. The first kappa shape index (κ1) is 23.1. The molecule has 0 saturated heterocycles. The molecule has 1 heterocycles. The van der Waals surface area contributed by atoms with E-state index in [-0.39, 0.29) is 18.0 Å². The van der Waals surface area contributed by atoms with Gasteiger partial charge in [0.05, 0.1) is 23.3 Å². The van der Waals surface area contributed by atoms with Crippen molar-refractivity contribution in [3.63, 3.8) is 0 Å². The predicted octanol–water partition coefficient (Wildman–Crippen LogP) is 3.28. The number of anilines is 1. The van der Waals surface area contributed by atoms with Gasteiger partial charge in [-0.15, -0.1) is 13.2 Å². The number of alkyl halides is 6. The number of nitrogens with zero attached hydrogens (tertiary/aromatic N) is 2. The lowest BCUT2D eigenvalue weighted by atomic mass is 10.2. The summed E-state index contributed by atoms with van der Waals surface area (Å²) in [5.41, 5.74) is -1.72. The predicted molar refractivity (Wildman–Crippen MR) is 98.6 cm³/mol. The number of thiazole rings is 1. The molecule has 170 valence electrons. The van der Waals surface area contributed by atoms with E-state index in [1.54, 1.807) is 0 Å². The number of ether oxygens (including phenoxy) is 1. The minimum absolute atomic E-state index is 0.0807. The van der Waals surface area contributed by atoms with Crippen molar-refractivity contribution in [1.29, 1.82) is 0 Å². The largest absolute Gasteiger partial charge is 0.573 e. The minimum Gasteiger partial charge on any atom is -0.406 e. The van der Waals surface area contributed by atoms with E-state index in [4.69, 9.17) is 0 Å². The summed E-state index contributed by atoms with van der Waals surface area (Å²) in [6.45, 7) is -1.02. The molecule has 31 heavy (non-hydrogen) atoms. The van der Waals surface area contributed by atoms with Crippen LogP contribution >= 0.6 is 11.3 Å². The monoisotopic (exact) mass is 470 g/mol. The molecule has 1 fully saturated rings. The first-order valence-corrected chi connectivity index (χ1v) is 9.62. The van der Waals surface area contributed by atoms with E-state index in [9.17, 15) is 35.9 Å². The number of carbonyl (C=O) groups excluding carboxylic acids is 2. The average molecular weight is 470 g/mol. The molecule has 1 aromatic heterocycles. The number of likely N-dealkylation sites (N-methyl/N-ethyl adjacent to an activating group) is 1. The van der Waals surface area contributed by atoms with Crippen LogP contribution in [0, 0.1) is 0 Å². The summed E-state index contributed by atoms with van der Waals surface area (Å²) in [7, 11) is 1.26. The van der Waals surface area contributed by atoms with Gasteiger partial charge in [-0.05, 0) is 25.0 Å². The van der Waals surface area contributed by atoms with Gasteiger partial charge in [0.1, 0.15) is 11.3 Å². The van der Waals surface area contributed by atoms with Crippen LogP contribution in [-0.4, -0.2) is 59.9 Å². The van der Waals surface area contributed by atoms with E-state index >= 15 is 0 Å². The van der Waals surface area contributed by atoms with Crippen LogP contribution in [0.2, 0.25) is 0 Å². The fourth-order valence-electron chi connectivity index (χ4n) is 2.68. The van der Waals surface area contributed by atoms with E-state index in [0.717, 1.165) is 28.4 Å². The van der Waals surface area contributed by atoms with Crippen LogP contribution in [-0.2, 0) is 9.59 Å². The highest BCUT2D eigenvalue weighted by atomic mass is 32.1. The number of hydrogen-bond donors (Lipinski definition) is 2. The molecule has 7 nitrogen and oxygen atoms in total. The molecule has 1 aromatic carbocycles. The van der Waals surface area contributed by atoms with Crippen molar-refractivity contribution in [2.24, 2.45) is 0 Å². The number of aromatic nitrogens is 1. The molecule has 0 radical (unpaired) electrons. The summed E-state index contributed by atoms with van der Waals surface area (Å²) in [6.07, 6.45) is -9.52. The summed E-state index contributed by atoms with van der Waals surface area (Å²) < 4.78 is 79.7. The Bertz CT molecular complexity index is 986. The van der Waals surface area contributed by atoms with E-state index < -0.39 is 48.7 Å². The topological polar surface area (TPSA) is 83.6 Å². The Morgan fingerprint density at radius 2 is 1.90 bits per heavy atom. The molecule has 3 rings (SSSR count). The molecule has 0 bridgehead atoms. The van der Waals surface area contributed by atoms with Gasteiger partial charge in [-0.2, -0.15) is 13.2 Å². The van der Waals surface area contributed by atoms with Gasteiger partial charge in [-0.25, -0.2) is 4.98 Å². The number of fused-ring (bicyclic) bond motifs is 1. The SMILES string of the molecule is CN(CC(=O)Nc1nc2ccc(OC(F)(F)F)cc2s1)C(=O)CNC1(C(F)(F)F)CC1. The summed E-state index contributed by atoms with van der Waals surface area (Å²) >= 11 is 0.895. The lowest BCUT2D eigenvalue weighted by molar-refractivity contribution is -0.274. The first-order valence-electron chi connectivity index (χ1n) is 8.80. The number of hydrogen-bond acceptors (Lipinski definition) is 6. The molecule has 14 heteroatoms. The van der Waals surface area contributed by atoms with Crippen molar-refractivity contribution in [3.05, 3.63) is 18.2 Å². The Morgan fingerprint density at radius 1 is 1.23 bits per heavy atom. The Kier molecular flexibility index (Phi) is 6.06. The van der Waals surface area contributed by atoms with Crippen LogP contribution in [0.5, 0.6) is 5.75 Å². The maximum Gasteiger partial charge on any atom is 0.573 e. The third kappa shape index (κ3) is 5.76. The number of amides is 2. The molecule has 2 N–H and O–H groups in total.